The van der Waals surface area contributed by atoms with Crippen LogP contribution >= 0.6 is 0 Å². The van der Waals surface area contributed by atoms with Crippen LogP contribution in [0.5, 0.6) is 0 Å². The predicted molar refractivity (Wildman–Crippen MR) is 118 cm³/mol. The van der Waals surface area contributed by atoms with Gasteiger partial charge in [0, 0.05) is 44.5 Å². The fourth-order valence-corrected chi connectivity index (χ4v) is 4.03. The van der Waals surface area contributed by atoms with Gasteiger partial charge in [-0.15, -0.1) is 0 Å². The van der Waals surface area contributed by atoms with Crippen molar-refractivity contribution in [3.8, 4) is 11.5 Å². The number of halogens is 1. The van der Waals surface area contributed by atoms with Gasteiger partial charge in [-0.1, -0.05) is 5.16 Å². The van der Waals surface area contributed by atoms with E-state index in [0.29, 0.717) is 18.1 Å². The molecule has 0 bridgehead atoms. The van der Waals surface area contributed by atoms with Crippen LogP contribution in [0.4, 0.5) is 10.1 Å². The third-order valence-electron chi connectivity index (χ3n) is 5.78. The minimum atomic E-state index is -0.335. The number of nitrogens with one attached hydrogen (secondary N) is 1. The smallest absolute Gasteiger partial charge is 0.273 e. The Morgan fingerprint density at radius 3 is 2.45 bits per heavy atom. The summed E-state index contributed by atoms with van der Waals surface area (Å²) in [5.74, 6) is 1.10. The van der Waals surface area contributed by atoms with Crippen molar-refractivity contribution in [1.82, 2.24) is 15.4 Å². The Bertz CT molecular complexity index is 1160. The third-order valence-corrected chi connectivity index (χ3v) is 5.78. The highest BCUT2D eigenvalue weighted by Gasteiger charge is 2.28. The monoisotopic (exact) mass is 450 g/mol. The maximum absolute atomic E-state index is 13.2. The lowest BCUT2D eigenvalue weighted by Crippen LogP contribution is -2.49. The summed E-state index contributed by atoms with van der Waals surface area (Å²) in [4.78, 5) is 17.2. The van der Waals surface area contributed by atoms with Gasteiger partial charge in [-0.25, -0.2) is 4.39 Å². The summed E-state index contributed by atoms with van der Waals surface area (Å²) in [6.07, 6.45) is 3.16. The number of piperazine rings is 1. The average molecular weight is 450 g/mol. The number of aromatic nitrogens is 1. The fourth-order valence-electron chi connectivity index (χ4n) is 4.03. The number of hydrogen-bond acceptors (Lipinski definition) is 7. The first-order valence-electron chi connectivity index (χ1n) is 10.7. The molecular formula is C24H23FN4O4. The topological polar surface area (TPSA) is 87.9 Å². The minimum Gasteiger partial charge on any atom is -0.468 e. The van der Waals surface area contributed by atoms with Crippen LogP contribution in [0.3, 0.4) is 0 Å². The number of benzene rings is 1. The molecule has 4 aromatic rings. The quantitative estimate of drug-likeness (QED) is 0.456. The number of anilines is 1. The summed E-state index contributed by atoms with van der Waals surface area (Å²) in [5.41, 5.74) is 1.18. The molecule has 1 amide bonds. The number of carbonyl (C=O) groups is 1. The van der Waals surface area contributed by atoms with Gasteiger partial charge in [0.15, 0.2) is 11.5 Å². The maximum Gasteiger partial charge on any atom is 0.273 e. The molecule has 33 heavy (non-hydrogen) atoms. The van der Waals surface area contributed by atoms with E-state index >= 15 is 0 Å². The Hall–Kier alpha value is -3.85. The first-order chi connectivity index (χ1) is 16.2. The summed E-state index contributed by atoms with van der Waals surface area (Å²) in [7, 11) is 0. The zero-order valence-corrected chi connectivity index (χ0v) is 17.8. The van der Waals surface area contributed by atoms with Crippen molar-refractivity contribution in [2.45, 2.75) is 6.04 Å². The Labute approximate surface area is 189 Å². The highest BCUT2D eigenvalue weighted by molar-refractivity contribution is 5.92. The van der Waals surface area contributed by atoms with Crippen molar-refractivity contribution < 1.29 is 22.5 Å². The highest BCUT2D eigenvalue weighted by atomic mass is 19.1. The molecule has 0 radical (unpaired) electrons. The first kappa shape index (κ1) is 21.0. The van der Waals surface area contributed by atoms with E-state index in [1.807, 2.05) is 12.1 Å². The van der Waals surface area contributed by atoms with Crippen LogP contribution in [-0.4, -0.2) is 48.7 Å². The summed E-state index contributed by atoms with van der Waals surface area (Å²) in [5, 5.41) is 6.80. The number of hydrogen-bond donors (Lipinski definition) is 1. The highest BCUT2D eigenvalue weighted by Crippen LogP contribution is 2.25. The van der Waals surface area contributed by atoms with Gasteiger partial charge in [0.25, 0.3) is 5.91 Å². The van der Waals surface area contributed by atoms with Crippen molar-refractivity contribution >= 4 is 11.6 Å². The molecule has 1 aromatic carbocycles. The average Bonchev–Trinajstić information content (AvgIpc) is 3.63. The molecule has 9 heteroatoms. The SMILES string of the molecule is O=C(NCC(c1ccco1)N1CCN(c2ccc(F)cc2)CC1)c1cc(-c2ccco2)on1. The van der Waals surface area contributed by atoms with Gasteiger partial charge >= 0.3 is 0 Å². The van der Waals surface area contributed by atoms with Gasteiger partial charge < -0.3 is 23.6 Å². The molecule has 0 saturated carbocycles. The fraction of sp³-hybridized carbons (Fsp3) is 0.250. The Morgan fingerprint density at radius 2 is 1.76 bits per heavy atom. The van der Waals surface area contributed by atoms with Crippen LogP contribution in [0.15, 0.2) is 80.5 Å². The molecule has 1 N–H and O–H groups in total. The number of carbonyl (C=O) groups excluding carboxylic acids is 1. The molecule has 3 aromatic heterocycles. The second kappa shape index (κ2) is 9.33. The number of nitrogens with zero attached hydrogens (tertiary/aromatic N) is 3. The van der Waals surface area contributed by atoms with E-state index in [2.05, 4.69) is 20.3 Å². The minimum absolute atomic E-state index is 0.129. The van der Waals surface area contributed by atoms with Crippen molar-refractivity contribution in [1.29, 1.82) is 0 Å². The number of furan rings is 2. The summed E-state index contributed by atoms with van der Waals surface area (Å²) < 4.78 is 29.4. The largest absolute Gasteiger partial charge is 0.468 e. The van der Waals surface area contributed by atoms with E-state index in [1.54, 1.807) is 36.6 Å². The van der Waals surface area contributed by atoms with Gasteiger partial charge in [0.2, 0.25) is 5.76 Å². The molecule has 1 unspecified atom stereocenters. The van der Waals surface area contributed by atoms with Crippen LogP contribution in [0.2, 0.25) is 0 Å². The van der Waals surface area contributed by atoms with E-state index in [1.165, 1.54) is 18.4 Å². The third kappa shape index (κ3) is 4.68. The molecule has 1 atom stereocenters. The molecule has 0 aliphatic carbocycles. The molecule has 0 spiro atoms. The zero-order valence-electron chi connectivity index (χ0n) is 17.8. The van der Waals surface area contributed by atoms with Crippen LogP contribution in [-0.2, 0) is 0 Å². The lowest BCUT2D eigenvalue weighted by atomic mass is 10.1. The summed E-state index contributed by atoms with van der Waals surface area (Å²) >= 11 is 0. The van der Waals surface area contributed by atoms with Crippen molar-refractivity contribution in [3.05, 3.63) is 84.4 Å². The summed E-state index contributed by atoms with van der Waals surface area (Å²) in [6.45, 7) is 3.46. The molecule has 1 saturated heterocycles. The van der Waals surface area contributed by atoms with E-state index in [-0.39, 0.29) is 23.5 Å². The molecule has 1 fully saturated rings. The zero-order chi connectivity index (χ0) is 22.6. The Morgan fingerprint density at radius 1 is 1.00 bits per heavy atom. The van der Waals surface area contributed by atoms with Crippen molar-refractivity contribution in [2.24, 2.45) is 0 Å². The van der Waals surface area contributed by atoms with Crippen LogP contribution in [0.1, 0.15) is 22.3 Å². The first-order valence-corrected chi connectivity index (χ1v) is 10.7. The Kier molecular flexibility index (Phi) is 5.95. The summed E-state index contributed by atoms with van der Waals surface area (Å²) in [6, 6.07) is 15.2. The molecule has 1 aliphatic heterocycles. The Balaban J connectivity index is 1.23. The molecule has 5 rings (SSSR count). The van der Waals surface area contributed by atoms with Gasteiger partial charge in [-0.2, -0.15) is 0 Å². The molecule has 1 aliphatic rings. The van der Waals surface area contributed by atoms with E-state index in [0.717, 1.165) is 37.6 Å². The van der Waals surface area contributed by atoms with E-state index in [4.69, 9.17) is 13.4 Å². The van der Waals surface area contributed by atoms with E-state index in [9.17, 15) is 9.18 Å². The van der Waals surface area contributed by atoms with Gasteiger partial charge in [0.1, 0.15) is 11.6 Å². The molecule has 170 valence electrons. The van der Waals surface area contributed by atoms with Gasteiger partial charge in [0.05, 0.1) is 18.6 Å². The van der Waals surface area contributed by atoms with Crippen LogP contribution in [0.25, 0.3) is 11.5 Å². The molecule has 8 nitrogen and oxygen atoms in total. The van der Waals surface area contributed by atoms with Gasteiger partial charge in [-0.05, 0) is 48.5 Å². The lowest BCUT2D eigenvalue weighted by Gasteiger charge is -2.39. The van der Waals surface area contributed by atoms with Crippen LogP contribution < -0.4 is 10.2 Å². The second-order valence-corrected chi connectivity index (χ2v) is 7.79. The number of amides is 1. The second-order valence-electron chi connectivity index (χ2n) is 7.79. The van der Waals surface area contributed by atoms with Gasteiger partial charge in [-0.3, -0.25) is 9.69 Å². The normalized spacial score (nSPS) is 15.5. The standard InChI is InChI=1S/C24H23FN4O4/c25-17-5-7-18(8-6-17)28-9-11-29(12-10-28)20(21-3-1-13-31-21)16-26-24(30)19-15-23(33-27-19)22-4-2-14-32-22/h1-8,13-15,20H,9-12,16H2,(H,26,30). The lowest BCUT2D eigenvalue weighted by molar-refractivity contribution is 0.0914. The van der Waals surface area contributed by atoms with E-state index < -0.39 is 0 Å². The molecule has 4 heterocycles. The number of rotatable bonds is 7. The predicted octanol–water partition coefficient (Wildman–Crippen LogP) is 3.96. The van der Waals surface area contributed by atoms with Crippen molar-refractivity contribution in [3.63, 3.8) is 0 Å². The van der Waals surface area contributed by atoms with Crippen LogP contribution in [0, 0.1) is 5.82 Å². The maximum atomic E-state index is 13.2. The van der Waals surface area contributed by atoms with Crippen molar-refractivity contribution in [2.75, 3.05) is 37.6 Å². The molecular weight excluding hydrogens is 427 g/mol.